The van der Waals surface area contributed by atoms with Crippen molar-refractivity contribution in [1.29, 1.82) is 0 Å². The van der Waals surface area contributed by atoms with Gasteiger partial charge in [0.15, 0.2) is 17.7 Å². The summed E-state index contributed by atoms with van der Waals surface area (Å²) in [5, 5.41) is 29.4. The Hall–Kier alpha value is -7.70. The Morgan fingerprint density at radius 2 is 1.18 bits per heavy atom. The molecule has 25 heteroatoms. The van der Waals surface area contributed by atoms with Gasteiger partial charge in [0.1, 0.15) is 16.9 Å². The van der Waals surface area contributed by atoms with Gasteiger partial charge in [-0.15, -0.1) is 0 Å². The number of piperazine rings is 2. The highest BCUT2D eigenvalue weighted by molar-refractivity contribution is 6.02. The average molecular weight is 917 g/mol. The zero-order chi connectivity index (χ0) is 47.3. The van der Waals surface area contributed by atoms with Crippen molar-refractivity contribution in [1.82, 2.24) is 18.9 Å². The topological polar surface area (TPSA) is 357 Å². The quantitative estimate of drug-likeness (QED) is 0.0544. The van der Waals surface area contributed by atoms with E-state index in [4.69, 9.17) is 34.4 Å². The van der Waals surface area contributed by atoms with Gasteiger partial charge in [-0.3, -0.25) is 9.59 Å². The summed E-state index contributed by atoms with van der Waals surface area (Å²) in [5.74, 6) is -4.73. The molecule has 4 aliphatic rings. The van der Waals surface area contributed by atoms with E-state index in [0.717, 1.165) is 31.7 Å². The second-order valence-corrected chi connectivity index (χ2v) is 16.6. The maximum absolute atomic E-state index is 15.7. The van der Waals surface area contributed by atoms with Crippen molar-refractivity contribution in [3.63, 3.8) is 0 Å². The van der Waals surface area contributed by atoms with E-state index in [-0.39, 0.29) is 89.9 Å². The summed E-state index contributed by atoms with van der Waals surface area (Å²) in [6, 6.07) is 2.52. The van der Waals surface area contributed by atoms with E-state index in [2.05, 4.69) is 20.0 Å². The van der Waals surface area contributed by atoms with E-state index in [1.165, 1.54) is 18.5 Å². The minimum Gasteiger partial charge on any atom is -0.477 e. The fraction of sp³-hybridized carbons (Fsp3) is 0.415. The van der Waals surface area contributed by atoms with Gasteiger partial charge in [0, 0.05) is 76.8 Å². The number of aliphatic hydroxyl groups excluding tert-OH is 1. The van der Waals surface area contributed by atoms with E-state index >= 15 is 8.78 Å². The number of hydrogen-bond acceptors (Lipinski definition) is 11. The number of hydrogen-bond donors (Lipinski definition) is 9. The summed E-state index contributed by atoms with van der Waals surface area (Å²) in [7, 11) is 0. The summed E-state index contributed by atoms with van der Waals surface area (Å²) >= 11 is 0. The highest BCUT2D eigenvalue weighted by Crippen LogP contribution is 2.42. The molecule has 2 aliphatic heterocycles. The van der Waals surface area contributed by atoms with Gasteiger partial charge < -0.3 is 78.5 Å². The lowest BCUT2D eigenvalue weighted by molar-refractivity contribution is 0.0684. The van der Waals surface area contributed by atoms with E-state index in [1.54, 1.807) is 28.7 Å². The Morgan fingerprint density at radius 1 is 0.697 bits per heavy atom. The van der Waals surface area contributed by atoms with Crippen molar-refractivity contribution in [2.45, 2.75) is 43.9 Å². The van der Waals surface area contributed by atoms with E-state index in [1.807, 2.05) is 0 Å². The molecule has 2 aromatic carbocycles. The Kier molecular flexibility index (Phi) is 12.0. The Bertz CT molecular complexity index is 2890. The van der Waals surface area contributed by atoms with E-state index in [9.17, 15) is 34.5 Å². The number of aliphatic hydroxyl groups is 1. The third-order valence-corrected chi connectivity index (χ3v) is 12.1. The normalized spacial score (nSPS) is 18.4. The van der Waals surface area contributed by atoms with Crippen molar-refractivity contribution in [2.75, 3.05) is 86.7 Å². The minimum absolute atomic E-state index is 0.0192. The van der Waals surface area contributed by atoms with Crippen molar-refractivity contribution < 1.29 is 33.7 Å². The number of pyridine rings is 2. The van der Waals surface area contributed by atoms with Gasteiger partial charge in [-0.05, 0) is 37.8 Å². The summed E-state index contributed by atoms with van der Waals surface area (Å²) in [4.78, 5) is 72.8. The maximum atomic E-state index is 15.7. The zero-order valence-corrected chi connectivity index (χ0v) is 35.6. The first-order chi connectivity index (χ1) is 31.4. The highest BCUT2D eigenvalue weighted by Gasteiger charge is 2.33. The fourth-order valence-corrected chi connectivity index (χ4v) is 8.39. The van der Waals surface area contributed by atoms with Crippen molar-refractivity contribution in [3.8, 4) is 0 Å². The van der Waals surface area contributed by atoms with Crippen LogP contribution in [-0.2, 0) is 0 Å². The summed E-state index contributed by atoms with van der Waals surface area (Å²) in [6.07, 6.45) is 4.56. The van der Waals surface area contributed by atoms with Crippen LogP contribution in [0.2, 0.25) is 0 Å². The number of nitrogens with two attached hydrogens (primary N) is 6. The monoisotopic (exact) mass is 916 g/mol. The number of benzene rings is 2. The number of guanidine groups is 4. The Labute approximate surface area is 373 Å². The predicted octanol–water partition coefficient (Wildman–Crippen LogP) is -0.611. The molecule has 4 aromatic rings. The number of aliphatic imine (C=N–C) groups is 4. The minimum atomic E-state index is -1.41. The molecule has 1 unspecified atom stereocenters. The Balaban J connectivity index is 0.838. The number of carboxylic acids is 2. The largest absolute Gasteiger partial charge is 0.477 e. The molecule has 0 radical (unpaired) electrons. The fourth-order valence-electron chi connectivity index (χ4n) is 8.39. The van der Waals surface area contributed by atoms with Gasteiger partial charge in [0.2, 0.25) is 22.8 Å². The third-order valence-electron chi connectivity index (χ3n) is 12.1. The lowest BCUT2D eigenvalue weighted by atomic mass is 10.1. The number of halogens is 2. The molecule has 2 aromatic heterocycles. The van der Waals surface area contributed by atoms with Crippen LogP contribution in [0.25, 0.3) is 21.8 Å². The van der Waals surface area contributed by atoms with E-state index < -0.39 is 57.3 Å². The number of carboxylic acid groups (broad SMARTS) is 2. The number of fused-ring (bicyclic) bond motifs is 2. The van der Waals surface area contributed by atoms with Crippen LogP contribution in [-0.4, -0.2) is 142 Å². The number of nitrogen functional groups attached to an aromatic ring is 2. The molecule has 0 amide bonds. The molecular weight excluding hydrogens is 867 g/mol. The van der Waals surface area contributed by atoms with Crippen molar-refractivity contribution in [3.05, 3.63) is 67.7 Å². The van der Waals surface area contributed by atoms with Crippen molar-refractivity contribution in [2.24, 2.45) is 42.9 Å². The maximum Gasteiger partial charge on any atom is 0.341 e. The summed E-state index contributed by atoms with van der Waals surface area (Å²) in [5.41, 5.74) is 35.1. The molecule has 2 aliphatic carbocycles. The second-order valence-electron chi connectivity index (χ2n) is 16.6. The number of nitrogens with zero attached hydrogens (tertiary/aromatic N) is 10. The number of anilines is 4. The molecule has 4 fully saturated rings. The molecule has 2 saturated heterocycles. The molecule has 23 nitrogen and oxygen atoms in total. The third kappa shape index (κ3) is 8.75. The average Bonchev–Trinajstić information content (AvgIpc) is 4.22. The van der Waals surface area contributed by atoms with Gasteiger partial charge in [-0.2, -0.15) is 9.98 Å². The molecule has 1 atom stereocenters. The molecular formula is C41H50F2N16O7. The van der Waals surface area contributed by atoms with Crippen LogP contribution in [0.15, 0.2) is 54.1 Å². The molecule has 66 heavy (non-hydrogen) atoms. The van der Waals surface area contributed by atoms with Gasteiger partial charge in [0.25, 0.3) is 0 Å². The number of aromatic carboxylic acids is 2. The lowest BCUT2D eigenvalue weighted by Gasteiger charge is -2.37. The van der Waals surface area contributed by atoms with Gasteiger partial charge in [-0.25, -0.2) is 28.4 Å². The van der Waals surface area contributed by atoms with Crippen LogP contribution in [0.3, 0.4) is 0 Å². The van der Waals surface area contributed by atoms with E-state index in [0.29, 0.717) is 50.3 Å². The van der Waals surface area contributed by atoms with Gasteiger partial charge in [-0.1, -0.05) is 0 Å². The number of aromatic nitrogens is 2. The van der Waals surface area contributed by atoms with Crippen LogP contribution < -0.4 is 55.1 Å². The molecule has 0 bridgehead atoms. The van der Waals surface area contributed by atoms with Crippen LogP contribution in [0.4, 0.5) is 31.5 Å². The first kappa shape index (κ1) is 44.9. The number of rotatable bonds is 10. The van der Waals surface area contributed by atoms with Gasteiger partial charge >= 0.3 is 11.9 Å². The highest BCUT2D eigenvalue weighted by atomic mass is 19.1. The van der Waals surface area contributed by atoms with Crippen LogP contribution >= 0.6 is 0 Å². The summed E-state index contributed by atoms with van der Waals surface area (Å²) < 4.78 is 34.7. The predicted molar refractivity (Wildman–Crippen MR) is 245 cm³/mol. The molecule has 4 heterocycles. The smallest absolute Gasteiger partial charge is 0.341 e. The van der Waals surface area contributed by atoms with Gasteiger partial charge in [0.05, 0.1) is 63.7 Å². The molecule has 2 saturated carbocycles. The van der Waals surface area contributed by atoms with Crippen LogP contribution in [0.1, 0.15) is 58.5 Å². The molecule has 8 rings (SSSR count). The second kappa shape index (κ2) is 17.7. The molecule has 15 N–H and O–H groups in total. The molecule has 0 spiro atoms. The lowest BCUT2D eigenvalue weighted by Crippen LogP contribution is -2.52. The molecule has 350 valence electrons. The standard InChI is InChI=1S/C41H50F2N16O7/c42-25-13-22-32(59(20-3-4-20)18-23(34(22)61)36(63)64)31(45)33(25)55-7-11-57(12-8-55)41(49)53-39(47)51-16-21(60)15-50-38(46)52-40(48)56-9-5-54(6-10-56)27-14-26-28(30(44)29(27)43)35(62)24(37(65)66)17-58(26)19-1-2-19/h13-14,17-21,60H,1-12,15-16,44-45H2,(H,63,64)(H,65,66)(H4,46,48,50,52)(H4,47,49,51,53). The Morgan fingerprint density at radius 3 is 1.70 bits per heavy atom. The SMILES string of the molecule is NC(=NCC(O)CN=C(N)/N=C(\N)N1CCN(c2c(F)cc3c(=O)c(C(=O)O)cn(C4CC4)c3c2N)CC1)/N=C(\N)N1CCN(c2cc3c(c(N)c2F)c(=O)c(C(=O)O)cn3C2CC2)CC1. The van der Waals surface area contributed by atoms with Crippen molar-refractivity contribution >= 4 is 80.3 Å². The van der Waals surface area contributed by atoms with Crippen LogP contribution in [0.5, 0.6) is 0 Å². The first-order valence-electron chi connectivity index (χ1n) is 21.2. The summed E-state index contributed by atoms with van der Waals surface area (Å²) in [6.45, 7) is 1.93. The zero-order valence-electron chi connectivity index (χ0n) is 35.6. The number of carbonyl (C=O) groups is 2. The first-order valence-corrected chi connectivity index (χ1v) is 21.2. The van der Waals surface area contributed by atoms with Crippen LogP contribution in [0, 0.1) is 11.6 Å².